The standard InChI is InChI=1S/C18H20ClNO/c1-2-7-20-10-14-5-6-17(19)9-18(14)13-3-4-15-11-21-12-16(15)8-13/h3-6,8-9,20H,2,7,10-12H2,1H3. The summed E-state index contributed by atoms with van der Waals surface area (Å²) in [4.78, 5) is 0. The fourth-order valence-corrected chi connectivity index (χ4v) is 2.88. The van der Waals surface area contributed by atoms with Crippen molar-refractivity contribution in [3.8, 4) is 11.1 Å². The minimum atomic E-state index is 0.715. The lowest BCUT2D eigenvalue weighted by molar-refractivity contribution is 0.134. The third-order valence-electron chi connectivity index (χ3n) is 3.85. The molecule has 1 aliphatic rings. The van der Waals surface area contributed by atoms with Gasteiger partial charge in [-0.3, -0.25) is 0 Å². The third-order valence-corrected chi connectivity index (χ3v) is 4.08. The molecule has 0 unspecified atom stereocenters. The first-order valence-corrected chi connectivity index (χ1v) is 7.85. The highest BCUT2D eigenvalue weighted by Crippen LogP contribution is 2.31. The van der Waals surface area contributed by atoms with Crippen LogP contribution in [0.5, 0.6) is 0 Å². The van der Waals surface area contributed by atoms with E-state index in [0.717, 1.165) is 31.1 Å². The van der Waals surface area contributed by atoms with Gasteiger partial charge in [0, 0.05) is 11.6 Å². The number of hydrogen-bond acceptors (Lipinski definition) is 2. The van der Waals surface area contributed by atoms with Crippen LogP contribution in [0.1, 0.15) is 30.0 Å². The Kier molecular flexibility index (Phi) is 4.59. The summed E-state index contributed by atoms with van der Waals surface area (Å²) in [5, 5.41) is 4.24. The summed E-state index contributed by atoms with van der Waals surface area (Å²) in [7, 11) is 0. The molecule has 21 heavy (non-hydrogen) atoms. The number of benzene rings is 2. The molecule has 3 rings (SSSR count). The zero-order valence-electron chi connectivity index (χ0n) is 12.3. The Hall–Kier alpha value is -1.35. The van der Waals surface area contributed by atoms with Gasteiger partial charge in [0.05, 0.1) is 13.2 Å². The van der Waals surface area contributed by atoms with E-state index in [9.17, 15) is 0 Å². The van der Waals surface area contributed by atoms with Gasteiger partial charge in [-0.25, -0.2) is 0 Å². The van der Waals surface area contributed by atoms with Crippen LogP contribution in [0.15, 0.2) is 36.4 Å². The molecule has 0 atom stereocenters. The first-order valence-electron chi connectivity index (χ1n) is 7.47. The van der Waals surface area contributed by atoms with Crippen molar-refractivity contribution in [2.75, 3.05) is 6.54 Å². The first-order chi connectivity index (χ1) is 10.3. The van der Waals surface area contributed by atoms with Crippen LogP contribution < -0.4 is 5.32 Å². The fraction of sp³-hybridized carbons (Fsp3) is 0.333. The number of rotatable bonds is 5. The monoisotopic (exact) mass is 301 g/mol. The van der Waals surface area contributed by atoms with Gasteiger partial charge in [-0.1, -0.05) is 36.7 Å². The molecule has 1 heterocycles. The fourth-order valence-electron chi connectivity index (χ4n) is 2.71. The van der Waals surface area contributed by atoms with E-state index in [-0.39, 0.29) is 0 Å². The summed E-state index contributed by atoms with van der Waals surface area (Å²) in [5.41, 5.74) is 6.30. The Labute approximate surface area is 131 Å². The Bertz CT molecular complexity index is 639. The van der Waals surface area contributed by atoms with Crippen molar-refractivity contribution < 1.29 is 4.74 Å². The average molecular weight is 302 g/mol. The van der Waals surface area contributed by atoms with Crippen LogP contribution in [0.25, 0.3) is 11.1 Å². The summed E-state index contributed by atoms with van der Waals surface area (Å²) < 4.78 is 5.50. The molecule has 0 saturated carbocycles. The molecule has 110 valence electrons. The maximum absolute atomic E-state index is 6.20. The average Bonchev–Trinajstić information content (AvgIpc) is 2.96. The maximum Gasteiger partial charge on any atom is 0.0725 e. The van der Waals surface area contributed by atoms with Gasteiger partial charge >= 0.3 is 0 Å². The minimum absolute atomic E-state index is 0.715. The molecular weight excluding hydrogens is 282 g/mol. The first kappa shape index (κ1) is 14.6. The zero-order chi connectivity index (χ0) is 14.7. The van der Waals surface area contributed by atoms with Gasteiger partial charge in [-0.05, 0) is 59.0 Å². The Balaban J connectivity index is 1.94. The molecule has 2 aromatic carbocycles. The number of hydrogen-bond donors (Lipinski definition) is 1. The van der Waals surface area contributed by atoms with E-state index in [1.54, 1.807) is 0 Å². The highest BCUT2D eigenvalue weighted by molar-refractivity contribution is 6.30. The van der Waals surface area contributed by atoms with Crippen molar-refractivity contribution in [3.63, 3.8) is 0 Å². The predicted octanol–water partition coefficient (Wildman–Crippen LogP) is 4.54. The van der Waals surface area contributed by atoms with E-state index < -0.39 is 0 Å². The molecule has 0 amide bonds. The van der Waals surface area contributed by atoms with Crippen LogP contribution in [0.3, 0.4) is 0 Å². The second-order valence-corrected chi connectivity index (χ2v) is 5.89. The molecule has 2 nitrogen and oxygen atoms in total. The van der Waals surface area contributed by atoms with Gasteiger partial charge in [-0.2, -0.15) is 0 Å². The van der Waals surface area contributed by atoms with Crippen molar-refractivity contribution in [1.29, 1.82) is 0 Å². The van der Waals surface area contributed by atoms with Crippen LogP contribution in [-0.4, -0.2) is 6.54 Å². The van der Waals surface area contributed by atoms with Crippen molar-refractivity contribution in [3.05, 3.63) is 58.1 Å². The van der Waals surface area contributed by atoms with Crippen LogP contribution in [-0.2, 0) is 24.5 Å². The maximum atomic E-state index is 6.20. The number of fused-ring (bicyclic) bond motifs is 1. The van der Waals surface area contributed by atoms with Crippen molar-refractivity contribution in [1.82, 2.24) is 5.32 Å². The molecule has 0 aliphatic carbocycles. The number of nitrogens with one attached hydrogen (secondary N) is 1. The number of ether oxygens (including phenoxy) is 1. The molecule has 2 aromatic rings. The summed E-state index contributed by atoms with van der Waals surface area (Å²) in [6, 6.07) is 12.7. The highest BCUT2D eigenvalue weighted by atomic mass is 35.5. The SMILES string of the molecule is CCCNCc1ccc(Cl)cc1-c1ccc2c(c1)COC2. The molecule has 3 heteroatoms. The second-order valence-electron chi connectivity index (χ2n) is 5.45. The number of halogens is 1. The van der Waals surface area contributed by atoms with Gasteiger partial charge < -0.3 is 10.1 Å². The van der Waals surface area contributed by atoms with Crippen LogP contribution in [0.2, 0.25) is 5.02 Å². The molecule has 1 aliphatic heterocycles. The Morgan fingerprint density at radius 1 is 1.10 bits per heavy atom. The molecular formula is C18H20ClNO. The van der Waals surface area contributed by atoms with E-state index in [1.807, 2.05) is 6.07 Å². The molecule has 0 bridgehead atoms. The lowest BCUT2D eigenvalue weighted by Crippen LogP contribution is -2.14. The van der Waals surface area contributed by atoms with Crippen molar-refractivity contribution in [2.24, 2.45) is 0 Å². The van der Waals surface area contributed by atoms with E-state index in [1.165, 1.54) is 27.8 Å². The van der Waals surface area contributed by atoms with Crippen molar-refractivity contribution in [2.45, 2.75) is 33.1 Å². The van der Waals surface area contributed by atoms with Gasteiger partial charge in [-0.15, -0.1) is 0 Å². The summed E-state index contributed by atoms with van der Waals surface area (Å²) in [6.45, 7) is 5.52. The van der Waals surface area contributed by atoms with Crippen LogP contribution in [0.4, 0.5) is 0 Å². The third kappa shape index (κ3) is 3.29. The van der Waals surface area contributed by atoms with Gasteiger partial charge in [0.2, 0.25) is 0 Å². The largest absolute Gasteiger partial charge is 0.372 e. The lowest BCUT2D eigenvalue weighted by Gasteiger charge is -2.12. The molecule has 0 fully saturated rings. The topological polar surface area (TPSA) is 21.3 Å². The van der Waals surface area contributed by atoms with Gasteiger partial charge in [0.25, 0.3) is 0 Å². The summed E-state index contributed by atoms with van der Waals surface area (Å²) in [6.07, 6.45) is 1.14. The second kappa shape index (κ2) is 6.61. The van der Waals surface area contributed by atoms with Gasteiger partial charge in [0.1, 0.15) is 0 Å². The van der Waals surface area contributed by atoms with Crippen molar-refractivity contribution >= 4 is 11.6 Å². The van der Waals surface area contributed by atoms with Gasteiger partial charge in [0.15, 0.2) is 0 Å². The van der Waals surface area contributed by atoms with E-state index in [2.05, 4.69) is 42.6 Å². The molecule has 1 N–H and O–H groups in total. The zero-order valence-corrected chi connectivity index (χ0v) is 13.0. The normalized spacial score (nSPS) is 13.4. The molecule has 0 saturated heterocycles. The van der Waals surface area contributed by atoms with E-state index in [4.69, 9.17) is 16.3 Å². The molecule has 0 spiro atoms. The van der Waals surface area contributed by atoms with E-state index >= 15 is 0 Å². The lowest BCUT2D eigenvalue weighted by atomic mass is 9.96. The predicted molar refractivity (Wildman–Crippen MR) is 87.4 cm³/mol. The molecule has 0 aromatic heterocycles. The van der Waals surface area contributed by atoms with Crippen LogP contribution in [0, 0.1) is 0 Å². The summed E-state index contributed by atoms with van der Waals surface area (Å²) >= 11 is 6.20. The summed E-state index contributed by atoms with van der Waals surface area (Å²) in [5.74, 6) is 0. The van der Waals surface area contributed by atoms with Crippen LogP contribution >= 0.6 is 11.6 Å². The molecule has 0 radical (unpaired) electrons. The highest BCUT2D eigenvalue weighted by Gasteiger charge is 2.13. The van der Waals surface area contributed by atoms with E-state index in [0.29, 0.717) is 6.61 Å². The Morgan fingerprint density at radius 3 is 2.81 bits per heavy atom. The quantitative estimate of drug-likeness (QED) is 0.819. The Morgan fingerprint density at radius 2 is 1.95 bits per heavy atom. The minimum Gasteiger partial charge on any atom is -0.372 e. The smallest absolute Gasteiger partial charge is 0.0725 e.